The van der Waals surface area contributed by atoms with Crippen LogP contribution in [0.3, 0.4) is 0 Å². The molecule has 4 nitrogen and oxygen atoms in total. The normalized spacial score (nSPS) is 13.1. The Labute approximate surface area is 459 Å². The lowest BCUT2D eigenvalue weighted by molar-refractivity contribution is 0.657. The van der Waals surface area contributed by atoms with Crippen LogP contribution in [0.5, 0.6) is 0 Å². The smallest absolute Gasteiger partial charge is 0.159 e. The predicted molar refractivity (Wildman–Crippen MR) is 330 cm³/mol. The maximum Gasteiger partial charge on any atom is 0.159 e. The van der Waals surface area contributed by atoms with E-state index in [1.807, 2.05) is 0 Å². The van der Waals surface area contributed by atoms with Crippen LogP contribution in [-0.4, -0.2) is 0 Å². The minimum Gasteiger partial charge on any atom is -0.454 e. The van der Waals surface area contributed by atoms with Crippen molar-refractivity contribution >= 4 is 99.5 Å². The highest BCUT2D eigenvalue weighted by molar-refractivity contribution is 6.14. The summed E-state index contributed by atoms with van der Waals surface area (Å²) in [6.45, 7) is 8.95. The van der Waals surface area contributed by atoms with Gasteiger partial charge in [0.15, 0.2) is 11.2 Å². The minimum absolute atomic E-state index is 0.322. The third-order valence-corrected chi connectivity index (χ3v) is 17.3. The van der Waals surface area contributed by atoms with Gasteiger partial charge in [-0.3, -0.25) is 0 Å². The molecule has 376 valence electrons. The average Bonchev–Trinajstić information content (AvgIpc) is 3.34. The second kappa shape index (κ2) is 17.2. The Bertz CT molecular complexity index is 4770. The van der Waals surface area contributed by atoms with Crippen LogP contribution in [0.25, 0.3) is 87.7 Å². The molecule has 0 saturated carbocycles. The van der Waals surface area contributed by atoms with Gasteiger partial charge in [-0.25, -0.2) is 0 Å². The largest absolute Gasteiger partial charge is 0.454 e. The highest BCUT2D eigenvalue weighted by Gasteiger charge is 2.52. The van der Waals surface area contributed by atoms with E-state index < -0.39 is 5.41 Å². The SMILES string of the molecule is CC(C)c1cccc2c1oc1c(N(c3ccccc3)c3ccc4cc5c(cc4c3)C3(c4ccccc4-c4ccccc43)c3c-5ccc4cc(N(c5ccccc5)c5cccc6c5oc5c(C(C)C)cccc56)ccc34)cccc12. The van der Waals surface area contributed by atoms with Crippen molar-refractivity contribution in [3.8, 4) is 22.3 Å². The van der Waals surface area contributed by atoms with Crippen molar-refractivity contribution in [2.75, 3.05) is 9.80 Å². The van der Waals surface area contributed by atoms with Crippen LogP contribution in [0.2, 0.25) is 0 Å². The molecule has 0 fully saturated rings. The molecular weight excluding hydrogens is 961 g/mol. The number of fused-ring (bicyclic) bond motifs is 19. The third-order valence-electron chi connectivity index (χ3n) is 17.3. The zero-order valence-electron chi connectivity index (χ0n) is 44.5. The first-order valence-electron chi connectivity index (χ1n) is 27.8. The second-order valence-electron chi connectivity index (χ2n) is 22.3. The Morgan fingerprint density at radius 1 is 0.304 bits per heavy atom. The molecule has 4 heteroatoms. The first-order chi connectivity index (χ1) is 38.8. The summed E-state index contributed by atoms with van der Waals surface area (Å²) in [5.74, 6) is 0.644. The number of rotatable bonds is 8. The van der Waals surface area contributed by atoms with Gasteiger partial charge in [0, 0.05) is 44.3 Å². The van der Waals surface area contributed by atoms with E-state index in [4.69, 9.17) is 8.83 Å². The average molecular weight is 1020 g/mol. The first-order valence-corrected chi connectivity index (χ1v) is 27.8. The number of nitrogens with zero attached hydrogens (tertiary/aromatic N) is 2. The first kappa shape index (κ1) is 45.5. The summed E-state index contributed by atoms with van der Waals surface area (Å²) in [7, 11) is 0. The molecule has 0 unspecified atom stereocenters. The molecule has 79 heavy (non-hydrogen) atoms. The van der Waals surface area contributed by atoms with E-state index in [0.717, 1.165) is 78.0 Å². The quantitative estimate of drug-likeness (QED) is 0.152. The van der Waals surface area contributed by atoms with Crippen molar-refractivity contribution in [1.29, 1.82) is 0 Å². The maximum absolute atomic E-state index is 7.00. The lowest BCUT2D eigenvalue weighted by Crippen LogP contribution is -2.26. The molecule has 0 bridgehead atoms. The molecule has 0 saturated heterocycles. The predicted octanol–water partition coefficient (Wildman–Crippen LogP) is 21.3. The Hall–Kier alpha value is -9.64. The fourth-order valence-corrected chi connectivity index (χ4v) is 13.9. The van der Waals surface area contributed by atoms with Gasteiger partial charge in [-0.1, -0.05) is 198 Å². The van der Waals surface area contributed by atoms with E-state index in [0.29, 0.717) is 11.8 Å². The van der Waals surface area contributed by atoms with Crippen molar-refractivity contribution in [2.45, 2.75) is 44.9 Å². The summed E-state index contributed by atoms with van der Waals surface area (Å²) >= 11 is 0. The molecule has 1 spiro atoms. The number of benzene rings is 12. The molecule has 16 rings (SSSR count). The van der Waals surface area contributed by atoms with Gasteiger partial charge >= 0.3 is 0 Å². The highest BCUT2D eigenvalue weighted by atomic mass is 16.3. The van der Waals surface area contributed by atoms with Crippen LogP contribution in [0.4, 0.5) is 34.1 Å². The molecule has 0 radical (unpaired) electrons. The van der Waals surface area contributed by atoms with Crippen molar-refractivity contribution in [2.24, 2.45) is 0 Å². The molecule has 2 aliphatic rings. The van der Waals surface area contributed by atoms with Gasteiger partial charge in [-0.15, -0.1) is 0 Å². The van der Waals surface area contributed by atoms with Crippen molar-refractivity contribution in [3.63, 3.8) is 0 Å². The molecule has 0 aliphatic heterocycles. The van der Waals surface area contributed by atoms with Crippen LogP contribution < -0.4 is 9.80 Å². The minimum atomic E-state index is -0.594. The van der Waals surface area contributed by atoms with Gasteiger partial charge in [-0.2, -0.15) is 0 Å². The van der Waals surface area contributed by atoms with Gasteiger partial charge < -0.3 is 18.6 Å². The van der Waals surface area contributed by atoms with Crippen LogP contribution >= 0.6 is 0 Å². The molecule has 2 aliphatic carbocycles. The molecule has 0 atom stereocenters. The number of hydrogen-bond donors (Lipinski definition) is 0. The summed E-state index contributed by atoms with van der Waals surface area (Å²) < 4.78 is 14.0. The van der Waals surface area contributed by atoms with E-state index in [1.165, 1.54) is 77.2 Å². The monoisotopic (exact) mass is 1010 g/mol. The van der Waals surface area contributed by atoms with Gasteiger partial charge in [0.25, 0.3) is 0 Å². The fraction of sp³-hybridized carbons (Fsp3) is 0.0933. The van der Waals surface area contributed by atoms with Gasteiger partial charge in [0.1, 0.15) is 11.2 Å². The van der Waals surface area contributed by atoms with E-state index in [1.54, 1.807) is 0 Å². The topological polar surface area (TPSA) is 32.8 Å². The zero-order valence-corrected chi connectivity index (χ0v) is 44.5. The number of anilines is 6. The summed E-state index contributed by atoms with van der Waals surface area (Å²) in [6, 6.07) is 89.8. The fourth-order valence-electron chi connectivity index (χ4n) is 13.9. The summed E-state index contributed by atoms with van der Waals surface area (Å²) in [5.41, 5.74) is 22.1. The number of hydrogen-bond acceptors (Lipinski definition) is 4. The van der Waals surface area contributed by atoms with Crippen molar-refractivity contribution in [1.82, 2.24) is 0 Å². The molecule has 0 amide bonds. The van der Waals surface area contributed by atoms with E-state index in [2.05, 4.69) is 280 Å². The molecule has 14 aromatic rings. The van der Waals surface area contributed by atoms with Gasteiger partial charge in [0.05, 0.1) is 16.8 Å². The maximum atomic E-state index is 7.00. The molecule has 0 N–H and O–H groups in total. The van der Waals surface area contributed by atoms with E-state index in [9.17, 15) is 0 Å². The van der Waals surface area contributed by atoms with Crippen LogP contribution in [0.15, 0.2) is 251 Å². The molecule has 2 heterocycles. The second-order valence-corrected chi connectivity index (χ2v) is 22.3. The van der Waals surface area contributed by atoms with Gasteiger partial charge in [-0.05, 0) is 162 Å². The molecule has 2 aromatic heterocycles. The van der Waals surface area contributed by atoms with Crippen LogP contribution in [0.1, 0.15) is 72.9 Å². The van der Waals surface area contributed by atoms with Crippen LogP contribution in [-0.2, 0) is 5.41 Å². The van der Waals surface area contributed by atoms with Crippen molar-refractivity contribution < 1.29 is 8.83 Å². The third kappa shape index (κ3) is 6.49. The highest BCUT2D eigenvalue weighted by Crippen LogP contribution is 2.65. The van der Waals surface area contributed by atoms with Crippen LogP contribution in [0, 0.1) is 0 Å². The zero-order chi connectivity index (χ0) is 52.7. The number of para-hydroxylation sites is 6. The lowest BCUT2D eigenvalue weighted by atomic mass is 9.69. The Kier molecular flexibility index (Phi) is 9.91. The molecule has 12 aromatic carbocycles. The number of furan rings is 2. The summed E-state index contributed by atoms with van der Waals surface area (Å²) in [4.78, 5) is 4.75. The van der Waals surface area contributed by atoms with E-state index in [-0.39, 0.29) is 0 Å². The Morgan fingerprint density at radius 2 is 0.772 bits per heavy atom. The van der Waals surface area contributed by atoms with Crippen molar-refractivity contribution in [3.05, 3.63) is 276 Å². The standard InChI is InChI=1S/C75H54N2O2/c1-45(2)54-25-15-27-60-62-29-17-33-68(73(62)78-71(54)60)76(50-19-7-5-8-20-50)52-37-35-47-43-64-59-39-36-48-41-53(77(51-21-9-6-10-22-51)69-34-18-30-63-61-28-16-26-55(46(3)4)72(61)79-74(63)69)38-40-56(48)70(59)75(67(64)44-49(47)42-52)65-31-13-11-23-57(65)58-24-12-14-32-66(58)75/h5-46H,1-4H3. The Morgan fingerprint density at radius 3 is 1.32 bits per heavy atom. The van der Waals surface area contributed by atoms with Gasteiger partial charge in [0.2, 0.25) is 0 Å². The lowest BCUT2D eigenvalue weighted by Gasteiger charge is -2.32. The molecular formula is C75H54N2O2. The Balaban J connectivity index is 0.911. The summed E-state index contributed by atoms with van der Waals surface area (Å²) in [6.07, 6.45) is 0. The summed E-state index contributed by atoms with van der Waals surface area (Å²) in [5, 5.41) is 9.30. The van der Waals surface area contributed by atoms with E-state index >= 15 is 0 Å².